The van der Waals surface area contributed by atoms with Gasteiger partial charge in [-0.1, -0.05) is 35.2 Å². The van der Waals surface area contributed by atoms with Gasteiger partial charge in [-0.3, -0.25) is 4.79 Å². The minimum atomic E-state index is -1.08. The second kappa shape index (κ2) is 11.6. The van der Waals surface area contributed by atoms with Gasteiger partial charge in [0, 0.05) is 10.4 Å². The maximum absolute atomic E-state index is 13.5. The van der Waals surface area contributed by atoms with Crippen LogP contribution < -0.4 is 15.0 Å². The maximum Gasteiger partial charge on any atom is 0.344 e. The lowest BCUT2D eigenvalue weighted by Crippen LogP contribution is -2.25. The first-order valence-electron chi connectivity index (χ1n) is 11.9. The first kappa shape index (κ1) is 26.3. The zero-order valence-corrected chi connectivity index (χ0v) is 23.2. The van der Waals surface area contributed by atoms with Crippen molar-refractivity contribution in [2.75, 3.05) is 6.61 Å². The molecule has 190 valence electrons. The molecule has 1 aromatic heterocycles. The number of carboxylic acids is 1. The van der Waals surface area contributed by atoms with E-state index in [-0.39, 0.29) is 11.5 Å². The number of rotatable bonds is 8. The summed E-state index contributed by atoms with van der Waals surface area (Å²) in [5, 5.41) is 14.3. The fourth-order valence-electron chi connectivity index (χ4n) is 4.29. The van der Waals surface area contributed by atoms with Crippen molar-refractivity contribution < 1.29 is 19.4 Å². The van der Waals surface area contributed by atoms with Gasteiger partial charge >= 0.3 is 5.97 Å². The van der Waals surface area contributed by atoms with Crippen LogP contribution in [-0.2, 0) is 4.79 Å². The van der Waals surface area contributed by atoms with Crippen molar-refractivity contribution in [2.45, 2.75) is 58.0 Å². The lowest BCUT2D eigenvalue weighted by Gasteiger charge is -2.22. The van der Waals surface area contributed by atoms with E-state index in [1.165, 1.54) is 18.0 Å². The summed E-state index contributed by atoms with van der Waals surface area (Å²) in [6, 6.07) is 8.95. The monoisotopic (exact) mass is 619 g/mol. The molecule has 0 saturated heterocycles. The summed E-state index contributed by atoms with van der Waals surface area (Å²) in [5.41, 5.74) is 1.08. The number of halogens is 2. The van der Waals surface area contributed by atoms with Crippen LogP contribution in [0.1, 0.15) is 63.3 Å². The molecule has 0 radical (unpaired) electrons. The van der Waals surface area contributed by atoms with Gasteiger partial charge in [0.05, 0.1) is 28.2 Å². The van der Waals surface area contributed by atoms with Gasteiger partial charge < -0.3 is 14.6 Å². The summed E-state index contributed by atoms with van der Waals surface area (Å²) in [6.07, 6.45) is 5.85. The minimum Gasteiger partial charge on any atom is -0.490 e. The summed E-state index contributed by atoms with van der Waals surface area (Å²) in [5.74, 6) is 0.420. The third-order valence-corrected chi connectivity index (χ3v) is 7.18. The SMILES string of the molecule is CCOc1cc(C=Nn2c(C3CCCCC3)nc3ccc(Br)cc3c2=O)cc(Br)c1O[C@@H](C)C(=O)O. The van der Waals surface area contributed by atoms with Crippen LogP contribution in [0.4, 0.5) is 0 Å². The lowest BCUT2D eigenvalue weighted by molar-refractivity contribution is -0.144. The van der Waals surface area contributed by atoms with Crippen LogP contribution in [-0.4, -0.2) is 39.7 Å². The summed E-state index contributed by atoms with van der Waals surface area (Å²) in [6.45, 7) is 3.64. The molecule has 1 fully saturated rings. The maximum atomic E-state index is 13.5. The number of hydrogen-bond acceptors (Lipinski definition) is 6. The Hall–Kier alpha value is -2.72. The molecule has 1 heterocycles. The van der Waals surface area contributed by atoms with Gasteiger partial charge in [-0.05, 0) is 78.5 Å². The van der Waals surface area contributed by atoms with Gasteiger partial charge in [0.2, 0.25) is 0 Å². The van der Waals surface area contributed by atoms with E-state index in [0.29, 0.717) is 44.9 Å². The third kappa shape index (κ3) is 5.81. The molecule has 2 aromatic carbocycles. The zero-order chi connectivity index (χ0) is 25.8. The molecule has 10 heteroatoms. The zero-order valence-electron chi connectivity index (χ0n) is 20.0. The Morgan fingerprint density at radius 2 is 2.00 bits per heavy atom. The van der Waals surface area contributed by atoms with Gasteiger partial charge in [0.25, 0.3) is 5.56 Å². The third-order valence-electron chi connectivity index (χ3n) is 6.10. The van der Waals surface area contributed by atoms with Crippen LogP contribution in [0.3, 0.4) is 0 Å². The van der Waals surface area contributed by atoms with Gasteiger partial charge in [-0.15, -0.1) is 0 Å². The van der Waals surface area contributed by atoms with E-state index < -0.39 is 12.1 Å². The highest BCUT2D eigenvalue weighted by molar-refractivity contribution is 9.10. The number of aromatic nitrogens is 2. The van der Waals surface area contributed by atoms with E-state index >= 15 is 0 Å². The van der Waals surface area contributed by atoms with Crippen LogP contribution in [0.25, 0.3) is 10.9 Å². The summed E-state index contributed by atoms with van der Waals surface area (Å²) in [7, 11) is 0. The number of hydrogen-bond donors (Lipinski definition) is 1. The van der Waals surface area contributed by atoms with E-state index in [4.69, 9.17) is 14.5 Å². The van der Waals surface area contributed by atoms with E-state index in [0.717, 1.165) is 30.2 Å². The number of fused-ring (bicyclic) bond motifs is 1. The lowest BCUT2D eigenvalue weighted by atomic mass is 9.88. The Labute approximate surface area is 225 Å². The summed E-state index contributed by atoms with van der Waals surface area (Å²) in [4.78, 5) is 29.7. The number of benzene rings is 2. The Balaban J connectivity index is 1.79. The Kier molecular flexibility index (Phi) is 8.46. The number of ether oxygens (including phenoxy) is 2. The fourth-order valence-corrected chi connectivity index (χ4v) is 5.21. The molecule has 0 aliphatic heterocycles. The van der Waals surface area contributed by atoms with Crippen molar-refractivity contribution >= 4 is 54.9 Å². The molecule has 3 aromatic rings. The molecule has 4 rings (SSSR count). The van der Waals surface area contributed by atoms with Crippen LogP contribution >= 0.6 is 31.9 Å². The van der Waals surface area contributed by atoms with Crippen LogP contribution in [0.2, 0.25) is 0 Å². The molecule has 1 aliphatic carbocycles. The highest BCUT2D eigenvalue weighted by Gasteiger charge is 2.23. The standard InChI is InChI=1S/C26H27Br2N3O5/c1-3-35-22-12-16(11-20(28)23(22)36-15(2)26(33)34)14-29-31-24(17-7-5-4-6-8-17)30-21-10-9-18(27)13-19(21)25(31)32/h9-15,17H,3-8H2,1-2H3,(H,33,34)/t15-/m0/s1. The highest BCUT2D eigenvalue weighted by Crippen LogP contribution is 2.37. The molecule has 0 amide bonds. The first-order valence-corrected chi connectivity index (χ1v) is 13.5. The number of nitrogens with zero attached hydrogens (tertiary/aromatic N) is 3. The van der Waals surface area contributed by atoms with Crippen LogP contribution in [0.15, 0.2) is 49.2 Å². The molecule has 1 atom stereocenters. The molecule has 0 bridgehead atoms. The Morgan fingerprint density at radius 1 is 1.25 bits per heavy atom. The quantitative estimate of drug-likeness (QED) is 0.305. The van der Waals surface area contributed by atoms with Crippen molar-refractivity contribution in [1.29, 1.82) is 0 Å². The average molecular weight is 621 g/mol. The van der Waals surface area contributed by atoms with E-state index in [1.54, 1.807) is 24.4 Å². The normalized spacial score (nSPS) is 15.3. The highest BCUT2D eigenvalue weighted by atomic mass is 79.9. The molecule has 1 saturated carbocycles. The second-order valence-electron chi connectivity index (χ2n) is 8.69. The van der Waals surface area contributed by atoms with Crippen molar-refractivity contribution in [1.82, 2.24) is 9.66 Å². The van der Waals surface area contributed by atoms with Gasteiger partial charge in [-0.2, -0.15) is 9.78 Å². The van der Waals surface area contributed by atoms with E-state index in [9.17, 15) is 14.7 Å². The van der Waals surface area contributed by atoms with Gasteiger partial charge in [0.1, 0.15) is 5.82 Å². The van der Waals surface area contributed by atoms with Crippen LogP contribution in [0, 0.1) is 0 Å². The fraction of sp³-hybridized carbons (Fsp3) is 0.385. The number of carbonyl (C=O) groups is 1. The van der Waals surface area contributed by atoms with E-state index in [1.807, 2.05) is 19.1 Å². The molecule has 36 heavy (non-hydrogen) atoms. The molecule has 1 N–H and O–H groups in total. The average Bonchev–Trinajstić information content (AvgIpc) is 2.86. The van der Waals surface area contributed by atoms with E-state index in [2.05, 4.69) is 37.0 Å². The summed E-state index contributed by atoms with van der Waals surface area (Å²) < 4.78 is 14.0. The second-order valence-corrected chi connectivity index (χ2v) is 10.5. The first-order chi connectivity index (χ1) is 17.3. The topological polar surface area (TPSA) is 103 Å². The summed E-state index contributed by atoms with van der Waals surface area (Å²) >= 11 is 6.90. The van der Waals surface area contributed by atoms with Crippen molar-refractivity contribution in [3.63, 3.8) is 0 Å². The smallest absolute Gasteiger partial charge is 0.344 e. The molecular formula is C26H27Br2N3O5. The van der Waals surface area contributed by atoms with Crippen molar-refractivity contribution in [2.24, 2.45) is 5.10 Å². The molecule has 1 aliphatic rings. The number of aliphatic carboxylic acids is 1. The predicted molar refractivity (Wildman–Crippen MR) is 146 cm³/mol. The largest absolute Gasteiger partial charge is 0.490 e. The molecular weight excluding hydrogens is 594 g/mol. The van der Waals surface area contributed by atoms with Gasteiger partial charge in [-0.25, -0.2) is 9.78 Å². The van der Waals surface area contributed by atoms with Crippen LogP contribution in [0.5, 0.6) is 11.5 Å². The Bertz CT molecular complexity index is 1370. The van der Waals surface area contributed by atoms with Crippen molar-refractivity contribution in [3.05, 3.63) is 61.0 Å². The molecule has 8 nitrogen and oxygen atoms in total. The van der Waals surface area contributed by atoms with Gasteiger partial charge in [0.15, 0.2) is 17.6 Å². The molecule has 0 spiro atoms. The van der Waals surface area contributed by atoms with Crippen molar-refractivity contribution in [3.8, 4) is 11.5 Å². The Morgan fingerprint density at radius 3 is 2.69 bits per heavy atom. The predicted octanol–water partition coefficient (Wildman–Crippen LogP) is 6.10. The molecule has 0 unspecified atom stereocenters. The minimum absolute atomic E-state index is 0.163. The number of carboxylic acid groups (broad SMARTS) is 1.